The maximum absolute atomic E-state index is 5.95. The minimum absolute atomic E-state index is 0.567. The molecule has 1 aromatic heterocycles. The largest absolute Gasteiger partial charge is 0.397 e. The predicted octanol–water partition coefficient (Wildman–Crippen LogP) is 4.23. The Balaban J connectivity index is 2.35. The van der Waals surface area contributed by atoms with E-state index in [1.165, 1.54) is 11.8 Å². The van der Waals surface area contributed by atoms with Crippen molar-refractivity contribution in [1.29, 1.82) is 0 Å². The maximum atomic E-state index is 5.95. The van der Waals surface area contributed by atoms with Crippen LogP contribution in [-0.2, 0) is 0 Å². The Kier molecular flexibility index (Phi) is 3.74. The first kappa shape index (κ1) is 11.8. The van der Waals surface area contributed by atoms with Crippen molar-refractivity contribution in [3.8, 4) is 0 Å². The van der Waals surface area contributed by atoms with Crippen LogP contribution in [0, 0.1) is 0 Å². The lowest BCUT2D eigenvalue weighted by atomic mass is 10.3. The van der Waals surface area contributed by atoms with E-state index in [9.17, 15) is 0 Å². The highest BCUT2D eigenvalue weighted by atomic mass is 79.9. The Morgan fingerprint density at radius 1 is 1.25 bits per heavy atom. The number of para-hydroxylation sites is 1. The molecule has 0 saturated heterocycles. The summed E-state index contributed by atoms with van der Waals surface area (Å²) in [5.41, 5.74) is 6.47. The molecule has 16 heavy (non-hydrogen) atoms. The molecule has 0 aliphatic rings. The molecule has 0 radical (unpaired) electrons. The fourth-order valence-corrected chi connectivity index (χ4v) is 2.74. The molecule has 1 heterocycles. The lowest BCUT2D eigenvalue weighted by Crippen LogP contribution is -1.90. The van der Waals surface area contributed by atoms with Gasteiger partial charge in [-0.25, -0.2) is 4.98 Å². The fraction of sp³-hybridized carbons (Fsp3) is 0. The standard InChI is InChI=1S/C11H8BrClN2S/c12-7-3-2-6-15-11(7)16-9-5-1-4-8(13)10(9)14/h1-6H,14H2. The summed E-state index contributed by atoms with van der Waals surface area (Å²) in [4.78, 5) is 5.17. The number of hydrogen-bond donors (Lipinski definition) is 1. The van der Waals surface area contributed by atoms with Crippen molar-refractivity contribution < 1.29 is 0 Å². The molecule has 0 saturated carbocycles. The molecule has 0 spiro atoms. The second-order valence-corrected chi connectivity index (χ2v) is 5.34. The van der Waals surface area contributed by atoms with E-state index >= 15 is 0 Å². The molecule has 2 rings (SSSR count). The Bertz CT molecular complexity index is 519. The van der Waals surface area contributed by atoms with Crippen LogP contribution in [0.15, 0.2) is 50.9 Å². The van der Waals surface area contributed by atoms with E-state index in [0.717, 1.165) is 14.4 Å². The lowest BCUT2D eigenvalue weighted by molar-refractivity contribution is 1.11. The summed E-state index contributed by atoms with van der Waals surface area (Å²) in [6.07, 6.45) is 1.74. The number of aromatic nitrogens is 1. The zero-order valence-electron chi connectivity index (χ0n) is 8.15. The van der Waals surface area contributed by atoms with Crippen molar-refractivity contribution in [2.24, 2.45) is 0 Å². The maximum Gasteiger partial charge on any atom is 0.115 e. The predicted molar refractivity (Wildman–Crippen MR) is 71.9 cm³/mol. The van der Waals surface area contributed by atoms with Crippen LogP contribution in [0.3, 0.4) is 0 Å². The van der Waals surface area contributed by atoms with Gasteiger partial charge in [-0.15, -0.1) is 0 Å². The molecule has 2 N–H and O–H groups in total. The van der Waals surface area contributed by atoms with Gasteiger partial charge in [-0.3, -0.25) is 0 Å². The highest BCUT2D eigenvalue weighted by Crippen LogP contribution is 2.37. The molecule has 2 aromatic rings. The van der Waals surface area contributed by atoms with Gasteiger partial charge in [0.05, 0.1) is 15.2 Å². The fourth-order valence-electron chi connectivity index (χ4n) is 1.16. The first-order chi connectivity index (χ1) is 7.68. The van der Waals surface area contributed by atoms with E-state index in [1.54, 1.807) is 12.3 Å². The van der Waals surface area contributed by atoms with Gasteiger partial charge in [-0.1, -0.05) is 29.4 Å². The van der Waals surface area contributed by atoms with E-state index in [0.29, 0.717) is 10.7 Å². The van der Waals surface area contributed by atoms with Crippen LogP contribution in [0.1, 0.15) is 0 Å². The summed E-state index contributed by atoms with van der Waals surface area (Å²) < 4.78 is 0.944. The van der Waals surface area contributed by atoms with Crippen LogP contribution in [0.2, 0.25) is 5.02 Å². The molecular formula is C11H8BrClN2S. The number of halogens is 2. The third kappa shape index (κ3) is 2.51. The van der Waals surface area contributed by atoms with Gasteiger partial charge in [0, 0.05) is 11.1 Å². The summed E-state index contributed by atoms with van der Waals surface area (Å²) in [6, 6.07) is 9.38. The molecule has 0 amide bonds. The highest BCUT2D eigenvalue weighted by Gasteiger charge is 2.07. The average molecular weight is 316 g/mol. The van der Waals surface area contributed by atoms with Gasteiger partial charge in [0.1, 0.15) is 5.03 Å². The van der Waals surface area contributed by atoms with Crippen LogP contribution in [0.25, 0.3) is 0 Å². The minimum Gasteiger partial charge on any atom is -0.397 e. The number of anilines is 1. The van der Waals surface area contributed by atoms with Crippen molar-refractivity contribution in [3.63, 3.8) is 0 Å². The first-order valence-corrected chi connectivity index (χ1v) is 6.49. The van der Waals surface area contributed by atoms with Crippen molar-refractivity contribution in [2.75, 3.05) is 5.73 Å². The van der Waals surface area contributed by atoms with Gasteiger partial charge >= 0.3 is 0 Å². The Morgan fingerprint density at radius 3 is 2.81 bits per heavy atom. The van der Waals surface area contributed by atoms with Crippen molar-refractivity contribution in [1.82, 2.24) is 4.98 Å². The van der Waals surface area contributed by atoms with Gasteiger partial charge in [-0.2, -0.15) is 0 Å². The molecule has 2 nitrogen and oxygen atoms in total. The third-order valence-corrected chi connectivity index (χ3v) is 4.27. The summed E-state index contributed by atoms with van der Waals surface area (Å²) >= 11 is 10.9. The Hall–Kier alpha value is -0.710. The van der Waals surface area contributed by atoms with Crippen LogP contribution >= 0.6 is 39.3 Å². The summed E-state index contributed by atoms with van der Waals surface area (Å²) in [5, 5.41) is 1.44. The average Bonchev–Trinajstić information content (AvgIpc) is 2.28. The number of hydrogen-bond acceptors (Lipinski definition) is 3. The molecule has 0 bridgehead atoms. The van der Waals surface area contributed by atoms with Crippen LogP contribution in [0.4, 0.5) is 5.69 Å². The van der Waals surface area contributed by atoms with Crippen LogP contribution in [-0.4, -0.2) is 4.98 Å². The molecule has 0 aliphatic heterocycles. The summed E-state index contributed by atoms with van der Waals surface area (Å²) in [6.45, 7) is 0. The summed E-state index contributed by atoms with van der Waals surface area (Å²) in [7, 11) is 0. The summed E-state index contributed by atoms with van der Waals surface area (Å²) in [5.74, 6) is 0. The molecule has 5 heteroatoms. The Morgan fingerprint density at radius 2 is 2.06 bits per heavy atom. The van der Waals surface area contributed by atoms with E-state index in [1.807, 2.05) is 24.3 Å². The molecule has 0 aliphatic carbocycles. The lowest BCUT2D eigenvalue weighted by Gasteiger charge is -2.06. The monoisotopic (exact) mass is 314 g/mol. The second kappa shape index (κ2) is 5.08. The van der Waals surface area contributed by atoms with Gasteiger partial charge in [0.25, 0.3) is 0 Å². The van der Waals surface area contributed by atoms with Crippen LogP contribution < -0.4 is 5.73 Å². The molecule has 0 unspecified atom stereocenters. The van der Waals surface area contributed by atoms with Crippen LogP contribution in [0.5, 0.6) is 0 Å². The zero-order chi connectivity index (χ0) is 11.5. The molecule has 1 aromatic carbocycles. The number of benzene rings is 1. The van der Waals surface area contributed by atoms with Crippen molar-refractivity contribution >= 4 is 45.0 Å². The molecular weight excluding hydrogens is 308 g/mol. The van der Waals surface area contributed by atoms with E-state index in [4.69, 9.17) is 17.3 Å². The zero-order valence-corrected chi connectivity index (χ0v) is 11.3. The normalized spacial score (nSPS) is 10.4. The number of nitrogens with two attached hydrogens (primary N) is 1. The second-order valence-electron chi connectivity index (χ2n) is 3.04. The molecule has 0 atom stereocenters. The first-order valence-electron chi connectivity index (χ1n) is 4.51. The number of nitrogens with zero attached hydrogens (tertiary/aromatic N) is 1. The quantitative estimate of drug-likeness (QED) is 0.843. The van der Waals surface area contributed by atoms with Gasteiger partial charge in [-0.05, 0) is 40.2 Å². The number of nitrogen functional groups attached to an aromatic ring is 1. The molecule has 82 valence electrons. The van der Waals surface area contributed by atoms with Crippen molar-refractivity contribution in [3.05, 3.63) is 46.0 Å². The van der Waals surface area contributed by atoms with Crippen molar-refractivity contribution in [2.45, 2.75) is 9.92 Å². The topological polar surface area (TPSA) is 38.9 Å². The SMILES string of the molecule is Nc1c(Cl)cccc1Sc1ncccc1Br. The van der Waals surface area contributed by atoms with E-state index in [2.05, 4.69) is 20.9 Å². The Labute approximate surface area is 111 Å². The van der Waals surface area contributed by atoms with Gasteiger partial charge < -0.3 is 5.73 Å². The third-order valence-electron chi connectivity index (χ3n) is 1.94. The molecule has 0 fully saturated rings. The van der Waals surface area contributed by atoms with Gasteiger partial charge in [0.15, 0.2) is 0 Å². The van der Waals surface area contributed by atoms with E-state index in [-0.39, 0.29) is 0 Å². The highest BCUT2D eigenvalue weighted by molar-refractivity contribution is 9.10. The minimum atomic E-state index is 0.567. The number of rotatable bonds is 2. The van der Waals surface area contributed by atoms with E-state index < -0.39 is 0 Å². The smallest absolute Gasteiger partial charge is 0.115 e. The van der Waals surface area contributed by atoms with Gasteiger partial charge in [0.2, 0.25) is 0 Å². The number of pyridine rings is 1.